The second kappa shape index (κ2) is 21.6. The summed E-state index contributed by atoms with van der Waals surface area (Å²) in [6.45, 7) is 13.6. The monoisotopic (exact) mass is 724 g/mol. The number of carboxylic acids is 4. The van der Waals surface area contributed by atoms with Crippen LogP contribution in [0.4, 0.5) is 0 Å². The molecule has 0 saturated carbocycles. The summed E-state index contributed by atoms with van der Waals surface area (Å²) in [4.78, 5) is 43.4. The van der Waals surface area contributed by atoms with Gasteiger partial charge in [-0.2, -0.15) is 0 Å². The van der Waals surface area contributed by atoms with Crippen molar-refractivity contribution < 1.29 is 39.6 Å². The maximum absolute atomic E-state index is 9.55. The fraction of sp³-hybridized carbons (Fsp3) is 0.316. The molecular weight excluding hydrogens is 680 g/mol. The molecule has 0 spiro atoms. The Morgan fingerprint density at radius 1 is 0.680 bits per heavy atom. The minimum absolute atomic E-state index is 0.218. The molecule has 1 unspecified atom stereocenters. The molecular formula is C38H45ClN2O8S. The Balaban J connectivity index is 0.000000450. The smallest absolute Gasteiger partial charge is 0.328 e. The standard InChI is InChI=1S/C30H37ClN2S.2C4H4O4/c1-30(2,3)27-13-9-24(10-14-27)23-33-19-17-32(18-20-33)21-22-34-29(25-7-5-4-6-8-25)26-11-15-28(31)16-12-26;2*5-3(6)1-2-4(7)8/h4-16,29H,17-23H2,1-3H3;2*1-2H,(H,5,6)(H,7,8)/b;2*2-1-. The van der Waals surface area contributed by atoms with E-state index in [1.165, 1.54) is 22.3 Å². The van der Waals surface area contributed by atoms with E-state index >= 15 is 0 Å². The summed E-state index contributed by atoms with van der Waals surface area (Å²) in [5, 5.41) is 32.4. The van der Waals surface area contributed by atoms with Gasteiger partial charge in [0, 0.05) is 74.3 Å². The van der Waals surface area contributed by atoms with Crippen LogP contribution in [0.5, 0.6) is 0 Å². The van der Waals surface area contributed by atoms with E-state index in [1.807, 2.05) is 23.9 Å². The average Bonchev–Trinajstić information content (AvgIpc) is 3.07. The Morgan fingerprint density at radius 3 is 1.56 bits per heavy atom. The third-order valence-corrected chi connectivity index (χ3v) is 8.94. The molecule has 0 amide bonds. The predicted octanol–water partition coefficient (Wildman–Crippen LogP) is 6.70. The van der Waals surface area contributed by atoms with E-state index < -0.39 is 23.9 Å². The Kier molecular flexibility index (Phi) is 18.1. The van der Waals surface area contributed by atoms with Crippen molar-refractivity contribution in [3.05, 3.63) is 130 Å². The molecule has 1 heterocycles. The first-order chi connectivity index (χ1) is 23.6. The van der Waals surface area contributed by atoms with Crippen LogP contribution in [0.1, 0.15) is 48.3 Å². The first-order valence-electron chi connectivity index (χ1n) is 15.9. The maximum atomic E-state index is 9.55. The van der Waals surface area contributed by atoms with E-state index in [0.717, 1.165) is 50.0 Å². The molecule has 0 aliphatic carbocycles. The van der Waals surface area contributed by atoms with Crippen LogP contribution in [0, 0.1) is 0 Å². The summed E-state index contributed by atoms with van der Waals surface area (Å²) in [6, 6.07) is 28.4. The Hall–Kier alpha value is -4.42. The number of rotatable bonds is 12. The summed E-state index contributed by atoms with van der Waals surface area (Å²) in [7, 11) is 0. The molecule has 1 aliphatic rings. The van der Waals surface area contributed by atoms with Crippen molar-refractivity contribution in [2.45, 2.75) is 38.0 Å². The topological polar surface area (TPSA) is 156 Å². The van der Waals surface area contributed by atoms with Crippen molar-refractivity contribution in [3.8, 4) is 0 Å². The molecule has 10 nitrogen and oxygen atoms in total. The van der Waals surface area contributed by atoms with Crippen molar-refractivity contribution >= 4 is 47.2 Å². The number of aliphatic carboxylic acids is 4. The van der Waals surface area contributed by atoms with E-state index in [2.05, 4.69) is 97.3 Å². The number of piperazine rings is 1. The molecule has 268 valence electrons. The molecule has 12 heteroatoms. The van der Waals surface area contributed by atoms with Gasteiger partial charge in [0.2, 0.25) is 0 Å². The van der Waals surface area contributed by atoms with Gasteiger partial charge in [0.1, 0.15) is 0 Å². The summed E-state index contributed by atoms with van der Waals surface area (Å²) >= 11 is 8.17. The molecule has 1 aliphatic heterocycles. The second-order valence-electron chi connectivity index (χ2n) is 12.3. The minimum Gasteiger partial charge on any atom is -0.478 e. The van der Waals surface area contributed by atoms with E-state index in [9.17, 15) is 19.2 Å². The lowest BCUT2D eigenvalue weighted by Crippen LogP contribution is -2.46. The SMILES string of the molecule is CC(C)(C)c1ccc(CN2CCN(CCSC(c3ccccc3)c3ccc(Cl)cc3)CC2)cc1.O=C(O)/C=C\C(=O)O.O=C(O)/C=C\C(=O)O. The molecule has 1 fully saturated rings. The third-order valence-electron chi connectivity index (χ3n) is 7.40. The van der Waals surface area contributed by atoms with Crippen LogP contribution >= 0.6 is 23.4 Å². The highest BCUT2D eigenvalue weighted by molar-refractivity contribution is 7.99. The van der Waals surface area contributed by atoms with Gasteiger partial charge in [-0.15, -0.1) is 11.8 Å². The van der Waals surface area contributed by atoms with Crippen molar-refractivity contribution in [1.29, 1.82) is 0 Å². The molecule has 4 rings (SSSR count). The first-order valence-corrected chi connectivity index (χ1v) is 17.3. The van der Waals surface area contributed by atoms with Gasteiger partial charge in [0.05, 0.1) is 5.25 Å². The van der Waals surface area contributed by atoms with Crippen molar-refractivity contribution in [2.24, 2.45) is 0 Å². The van der Waals surface area contributed by atoms with E-state index in [1.54, 1.807) is 0 Å². The van der Waals surface area contributed by atoms with E-state index in [4.69, 9.17) is 32.0 Å². The second-order valence-corrected chi connectivity index (χ2v) is 13.9. The maximum Gasteiger partial charge on any atom is 0.328 e. The normalized spacial score (nSPS) is 14.2. The third kappa shape index (κ3) is 17.3. The van der Waals surface area contributed by atoms with Crippen molar-refractivity contribution in [1.82, 2.24) is 9.80 Å². The van der Waals surface area contributed by atoms with Gasteiger partial charge in [0.25, 0.3) is 0 Å². The average molecular weight is 725 g/mol. The Bertz CT molecular complexity index is 1500. The van der Waals surface area contributed by atoms with Gasteiger partial charge in [0.15, 0.2) is 0 Å². The Labute approximate surface area is 302 Å². The number of halogens is 1. The highest BCUT2D eigenvalue weighted by atomic mass is 35.5. The summed E-state index contributed by atoms with van der Waals surface area (Å²) in [5.74, 6) is -3.91. The van der Waals surface area contributed by atoms with Gasteiger partial charge < -0.3 is 20.4 Å². The van der Waals surface area contributed by atoms with Crippen LogP contribution in [0.3, 0.4) is 0 Å². The van der Waals surface area contributed by atoms with Gasteiger partial charge in [-0.05, 0) is 39.8 Å². The lowest BCUT2D eigenvalue weighted by Gasteiger charge is -2.35. The highest BCUT2D eigenvalue weighted by Gasteiger charge is 2.20. The fourth-order valence-corrected chi connectivity index (χ4v) is 6.20. The predicted molar refractivity (Wildman–Crippen MR) is 198 cm³/mol. The number of hydrogen-bond acceptors (Lipinski definition) is 7. The molecule has 0 bridgehead atoms. The zero-order valence-electron chi connectivity index (χ0n) is 28.4. The lowest BCUT2D eigenvalue weighted by molar-refractivity contribution is -0.134. The van der Waals surface area contributed by atoms with Crippen LogP contribution in [-0.2, 0) is 31.1 Å². The van der Waals surface area contributed by atoms with Crippen molar-refractivity contribution in [2.75, 3.05) is 38.5 Å². The minimum atomic E-state index is -1.26. The summed E-state index contributed by atoms with van der Waals surface area (Å²) < 4.78 is 0. The largest absolute Gasteiger partial charge is 0.478 e. The summed E-state index contributed by atoms with van der Waals surface area (Å²) in [6.07, 6.45) is 2.23. The fourth-order valence-electron chi connectivity index (χ4n) is 4.77. The number of carbonyl (C=O) groups is 4. The molecule has 0 radical (unpaired) electrons. The molecule has 1 atom stereocenters. The van der Waals surface area contributed by atoms with Crippen LogP contribution in [-0.4, -0.2) is 92.6 Å². The molecule has 1 saturated heterocycles. The van der Waals surface area contributed by atoms with Gasteiger partial charge in [-0.1, -0.05) is 99.1 Å². The highest BCUT2D eigenvalue weighted by Crippen LogP contribution is 2.36. The van der Waals surface area contributed by atoms with Crippen LogP contribution in [0.25, 0.3) is 0 Å². The molecule has 0 aromatic heterocycles. The van der Waals surface area contributed by atoms with Crippen molar-refractivity contribution in [3.63, 3.8) is 0 Å². The molecule has 3 aromatic rings. The zero-order valence-corrected chi connectivity index (χ0v) is 30.0. The van der Waals surface area contributed by atoms with Gasteiger partial charge >= 0.3 is 23.9 Å². The quantitative estimate of drug-likeness (QED) is 0.148. The Morgan fingerprint density at radius 2 is 1.12 bits per heavy atom. The lowest BCUT2D eigenvalue weighted by atomic mass is 9.87. The van der Waals surface area contributed by atoms with Crippen LogP contribution in [0.15, 0.2) is 103 Å². The molecule has 50 heavy (non-hydrogen) atoms. The number of thioether (sulfide) groups is 1. The number of carboxylic acid groups (broad SMARTS) is 4. The van der Waals surface area contributed by atoms with E-state index in [-0.39, 0.29) is 5.41 Å². The van der Waals surface area contributed by atoms with E-state index in [0.29, 0.717) is 29.6 Å². The number of benzene rings is 3. The van der Waals surface area contributed by atoms with Gasteiger partial charge in [-0.25, -0.2) is 19.2 Å². The molecule has 4 N–H and O–H groups in total. The first kappa shape index (κ1) is 41.7. The van der Waals surface area contributed by atoms with Crippen LogP contribution < -0.4 is 0 Å². The number of hydrogen-bond donors (Lipinski definition) is 4. The molecule has 3 aromatic carbocycles. The summed E-state index contributed by atoms with van der Waals surface area (Å²) in [5.41, 5.74) is 5.73. The van der Waals surface area contributed by atoms with Crippen LogP contribution in [0.2, 0.25) is 5.02 Å². The zero-order chi connectivity index (χ0) is 37.1. The van der Waals surface area contributed by atoms with Gasteiger partial charge in [-0.3, -0.25) is 9.80 Å². The number of nitrogens with zero attached hydrogens (tertiary/aromatic N) is 2.